The Balaban J connectivity index is 1.29. The molecule has 3 saturated heterocycles. The van der Waals surface area contributed by atoms with Gasteiger partial charge < -0.3 is 9.80 Å². The Hall–Kier alpha value is -2.12. The number of nitrogens with zero attached hydrogens (tertiary/aromatic N) is 3. The van der Waals surface area contributed by atoms with Crippen LogP contribution in [0.3, 0.4) is 0 Å². The van der Waals surface area contributed by atoms with E-state index in [-0.39, 0.29) is 24.8 Å². The first-order valence-electron chi connectivity index (χ1n) is 11.9. The number of halogens is 1. The number of anilines is 1. The van der Waals surface area contributed by atoms with Gasteiger partial charge in [0.1, 0.15) is 0 Å². The van der Waals surface area contributed by atoms with Crippen LogP contribution >= 0.6 is 11.6 Å². The molecule has 3 heterocycles. The van der Waals surface area contributed by atoms with E-state index in [1.807, 2.05) is 4.90 Å². The molecule has 0 atom stereocenters. The van der Waals surface area contributed by atoms with Gasteiger partial charge in [-0.15, -0.1) is 0 Å². The Labute approximate surface area is 195 Å². The number of amides is 4. The van der Waals surface area contributed by atoms with Crippen molar-refractivity contribution in [3.8, 4) is 0 Å². The summed E-state index contributed by atoms with van der Waals surface area (Å²) >= 11 is 6.31. The minimum atomic E-state index is -0.502. The van der Waals surface area contributed by atoms with E-state index in [4.69, 9.17) is 11.6 Å². The van der Waals surface area contributed by atoms with Crippen LogP contribution in [0.25, 0.3) is 0 Å². The lowest BCUT2D eigenvalue weighted by molar-refractivity contribution is -0.120. The van der Waals surface area contributed by atoms with Crippen LogP contribution in [0, 0.1) is 5.92 Å². The van der Waals surface area contributed by atoms with Crippen molar-refractivity contribution in [3.05, 3.63) is 28.8 Å². The number of piperidine rings is 2. The van der Waals surface area contributed by atoms with Crippen LogP contribution in [-0.4, -0.2) is 66.9 Å². The van der Waals surface area contributed by atoms with E-state index < -0.39 is 6.03 Å². The quantitative estimate of drug-likeness (QED) is 0.698. The maximum absolute atomic E-state index is 13.1. The highest BCUT2D eigenvalue weighted by molar-refractivity contribution is 6.34. The molecule has 3 fully saturated rings. The average Bonchev–Trinajstić information content (AvgIpc) is 2.80. The maximum Gasteiger partial charge on any atom is 0.328 e. The minimum absolute atomic E-state index is 0.0248. The van der Waals surface area contributed by atoms with Crippen molar-refractivity contribution in [1.82, 2.24) is 15.1 Å². The first kappa shape index (κ1) is 23.1. The SMILES string of the molecule is O=C1CCN(c2cc(C(=O)N3CCC(CCCN4CCCCC4)CC3)ccc2Cl)C(=O)N1. The molecule has 1 aromatic rings. The molecule has 3 aliphatic heterocycles. The number of carbonyl (C=O) groups excluding carboxylic acids is 3. The van der Waals surface area contributed by atoms with Crippen molar-refractivity contribution in [2.45, 2.75) is 51.4 Å². The number of urea groups is 1. The second-order valence-electron chi connectivity index (χ2n) is 9.20. The van der Waals surface area contributed by atoms with Gasteiger partial charge in [0.2, 0.25) is 5.91 Å². The summed E-state index contributed by atoms with van der Waals surface area (Å²) in [6.07, 6.45) is 8.85. The summed E-state index contributed by atoms with van der Waals surface area (Å²) < 4.78 is 0. The highest BCUT2D eigenvalue weighted by Gasteiger charge is 2.28. The fraction of sp³-hybridized carbons (Fsp3) is 0.625. The third-order valence-corrected chi connectivity index (χ3v) is 7.29. The third-order valence-electron chi connectivity index (χ3n) is 6.97. The molecule has 7 nitrogen and oxygen atoms in total. The number of rotatable bonds is 6. The molecule has 1 N–H and O–H groups in total. The zero-order chi connectivity index (χ0) is 22.5. The molecular weight excluding hydrogens is 428 g/mol. The third kappa shape index (κ3) is 5.62. The van der Waals surface area contributed by atoms with Crippen molar-refractivity contribution in [1.29, 1.82) is 0 Å². The molecule has 0 aromatic heterocycles. The zero-order valence-corrected chi connectivity index (χ0v) is 19.4. The smallest absolute Gasteiger partial charge is 0.328 e. The molecule has 1 aromatic carbocycles. The van der Waals surface area contributed by atoms with E-state index in [0.717, 1.165) is 25.9 Å². The molecule has 4 amide bonds. The summed E-state index contributed by atoms with van der Waals surface area (Å²) in [6.45, 7) is 5.51. The Kier molecular flexibility index (Phi) is 7.68. The minimum Gasteiger partial charge on any atom is -0.339 e. The monoisotopic (exact) mass is 460 g/mol. The molecule has 0 saturated carbocycles. The molecule has 174 valence electrons. The van der Waals surface area contributed by atoms with E-state index in [1.165, 1.54) is 56.6 Å². The lowest BCUT2D eigenvalue weighted by Crippen LogP contribution is -2.49. The van der Waals surface area contributed by atoms with Gasteiger partial charge in [0, 0.05) is 31.6 Å². The van der Waals surface area contributed by atoms with Gasteiger partial charge in [-0.2, -0.15) is 0 Å². The number of hydrogen-bond donors (Lipinski definition) is 1. The molecule has 0 bridgehead atoms. The van der Waals surface area contributed by atoms with Gasteiger partial charge >= 0.3 is 6.03 Å². The lowest BCUT2D eigenvalue weighted by Gasteiger charge is -2.33. The van der Waals surface area contributed by atoms with Crippen LogP contribution in [0.1, 0.15) is 61.7 Å². The van der Waals surface area contributed by atoms with Crippen LogP contribution in [0.4, 0.5) is 10.5 Å². The fourth-order valence-corrected chi connectivity index (χ4v) is 5.26. The summed E-state index contributed by atoms with van der Waals surface area (Å²) in [5.41, 5.74) is 0.993. The second kappa shape index (κ2) is 10.7. The summed E-state index contributed by atoms with van der Waals surface area (Å²) in [7, 11) is 0. The molecular formula is C24H33ClN4O3. The Morgan fingerprint density at radius 1 is 1.03 bits per heavy atom. The van der Waals surface area contributed by atoms with Gasteiger partial charge in [-0.1, -0.05) is 18.0 Å². The number of imide groups is 1. The second-order valence-corrected chi connectivity index (χ2v) is 9.61. The van der Waals surface area contributed by atoms with Gasteiger partial charge in [-0.25, -0.2) is 4.79 Å². The molecule has 32 heavy (non-hydrogen) atoms. The van der Waals surface area contributed by atoms with Gasteiger partial charge in [0.05, 0.1) is 10.7 Å². The summed E-state index contributed by atoms with van der Waals surface area (Å²) in [5, 5.41) is 2.69. The van der Waals surface area contributed by atoms with Gasteiger partial charge in [-0.05, 0) is 82.3 Å². The Bertz CT molecular complexity index is 848. The number of nitrogens with one attached hydrogen (secondary N) is 1. The van der Waals surface area contributed by atoms with Crippen LogP contribution in [0.5, 0.6) is 0 Å². The largest absolute Gasteiger partial charge is 0.339 e. The molecule has 0 spiro atoms. The number of carbonyl (C=O) groups is 3. The molecule has 8 heteroatoms. The first-order valence-corrected chi connectivity index (χ1v) is 12.3. The first-order chi connectivity index (χ1) is 15.5. The number of hydrogen-bond acceptors (Lipinski definition) is 4. The molecule has 0 aliphatic carbocycles. The number of likely N-dealkylation sites (tertiary alicyclic amines) is 2. The van der Waals surface area contributed by atoms with E-state index in [9.17, 15) is 14.4 Å². The van der Waals surface area contributed by atoms with Crippen molar-refractivity contribution in [3.63, 3.8) is 0 Å². The summed E-state index contributed by atoms with van der Waals surface area (Å²) in [5.74, 6) is 0.371. The van der Waals surface area contributed by atoms with Gasteiger partial charge in [0.15, 0.2) is 0 Å². The fourth-order valence-electron chi connectivity index (χ4n) is 5.04. The Morgan fingerprint density at radius 3 is 2.50 bits per heavy atom. The van der Waals surface area contributed by atoms with Gasteiger partial charge in [0.25, 0.3) is 5.91 Å². The van der Waals surface area contributed by atoms with Crippen LogP contribution in [0.15, 0.2) is 18.2 Å². The Morgan fingerprint density at radius 2 is 1.78 bits per heavy atom. The number of benzene rings is 1. The predicted molar refractivity (Wildman–Crippen MR) is 125 cm³/mol. The van der Waals surface area contributed by atoms with Crippen LogP contribution < -0.4 is 10.2 Å². The standard InChI is InChI=1S/C24H33ClN4O3/c25-20-7-6-19(17-21(20)29-16-10-22(30)26-24(29)32)23(31)28-14-8-18(9-15-28)5-4-13-27-11-2-1-3-12-27/h6-7,17-18H,1-5,8-16H2,(H,26,30,32). The van der Waals surface area contributed by atoms with E-state index in [0.29, 0.717) is 22.2 Å². The van der Waals surface area contributed by atoms with Crippen LogP contribution in [-0.2, 0) is 4.79 Å². The van der Waals surface area contributed by atoms with E-state index in [1.54, 1.807) is 18.2 Å². The highest BCUT2D eigenvalue weighted by Crippen LogP contribution is 2.30. The maximum atomic E-state index is 13.1. The van der Waals surface area contributed by atoms with Crippen molar-refractivity contribution in [2.75, 3.05) is 44.2 Å². The average molecular weight is 461 g/mol. The highest BCUT2D eigenvalue weighted by atomic mass is 35.5. The molecule has 0 radical (unpaired) electrons. The van der Waals surface area contributed by atoms with E-state index >= 15 is 0 Å². The summed E-state index contributed by atoms with van der Waals surface area (Å²) in [4.78, 5) is 42.7. The van der Waals surface area contributed by atoms with Gasteiger partial charge in [-0.3, -0.25) is 19.8 Å². The van der Waals surface area contributed by atoms with Crippen molar-refractivity contribution in [2.24, 2.45) is 5.92 Å². The lowest BCUT2D eigenvalue weighted by atomic mass is 9.91. The van der Waals surface area contributed by atoms with Crippen molar-refractivity contribution < 1.29 is 14.4 Å². The molecule has 4 rings (SSSR count). The van der Waals surface area contributed by atoms with E-state index in [2.05, 4.69) is 10.2 Å². The topological polar surface area (TPSA) is 73.0 Å². The van der Waals surface area contributed by atoms with Crippen molar-refractivity contribution >= 4 is 35.1 Å². The molecule has 3 aliphatic rings. The summed E-state index contributed by atoms with van der Waals surface area (Å²) in [6, 6.07) is 4.54. The zero-order valence-electron chi connectivity index (χ0n) is 18.7. The molecule has 0 unspecified atom stereocenters. The predicted octanol–water partition coefficient (Wildman–Crippen LogP) is 3.90. The normalized spacial score (nSPS) is 21.0. The van der Waals surface area contributed by atoms with Crippen LogP contribution in [0.2, 0.25) is 5.02 Å².